The van der Waals surface area contributed by atoms with Gasteiger partial charge in [0.2, 0.25) is 15.7 Å². The van der Waals surface area contributed by atoms with Crippen LogP contribution in [0.15, 0.2) is 29.4 Å². The maximum absolute atomic E-state index is 12.8. The number of nitrogens with one attached hydrogen (secondary N) is 2. The summed E-state index contributed by atoms with van der Waals surface area (Å²) in [6.45, 7) is 1.46. The number of anilines is 1. The summed E-state index contributed by atoms with van der Waals surface area (Å²) in [5.74, 6) is -1.97. The van der Waals surface area contributed by atoms with Gasteiger partial charge in [0.05, 0.1) is 11.3 Å². The van der Waals surface area contributed by atoms with Crippen LogP contribution < -0.4 is 5.32 Å². The molecule has 0 aliphatic heterocycles. The van der Waals surface area contributed by atoms with Crippen molar-refractivity contribution in [2.75, 3.05) is 11.1 Å². The number of hydrogen-bond donors (Lipinski definition) is 2. The second-order valence-electron chi connectivity index (χ2n) is 4.55. The highest BCUT2D eigenvalue weighted by molar-refractivity contribution is 7.92. The van der Waals surface area contributed by atoms with Crippen LogP contribution in [0.4, 0.5) is 18.9 Å². The van der Waals surface area contributed by atoms with Crippen molar-refractivity contribution in [1.29, 1.82) is 0 Å². The number of alkyl halides is 3. The number of aryl methyl sites for hydroxylation is 1. The Balaban J connectivity index is 2.18. The maximum Gasteiger partial charge on any atom is 0.418 e. The van der Waals surface area contributed by atoms with Gasteiger partial charge in [-0.15, -0.1) is 5.10 Å². The molecule has 0 aliphatic rings. The van der Waals surface area contributed by atoms with Gasteiger partial charge in [0.25, 0.3) is 5.16 Å². The molecule has 0 aliphatic carbocycles. The lowest BCUT2D eigenvalue weighted by molar-refractivity contribution is -0.137. The van der Waals surface area contributed by atoms with E-state index in [1.54, 1.807) is 0 Å². The summed E-state index contributed by atoms with van der Waals surface area (Å²) >= 11 is 0. The molecule has 1 aromatic carbocycles. The molecule has 0 bridgehead atoms. The van der Waals surface area contributed by atoms with Crippen molar-refractivity contribution in [2.24, 2.45) is 0 Å². The molecule has 0 fully saturated rings. The highest BCUT2D eigenvalue weighted by Crippen LogP contribution is 2.34. The number of aromatic amines is 1. The minimum Gasteiger partial charge on any atom is -0.325 e. The van der Waals surface area contributed by atoms with Gasteiger partial charge in [-0.25, -0.2) is 13.4 Å². The molecular weight excluding hydrogens is 337 g/mol. The van der Waals surface area contributed by atoms with E-state index in [-0.39, 0.29) is 5.82 Å². The van der Waals surface area contributed by atoms with E-state index in [1.165, 1.54) is 13.0 Å². The lowest BCUT2D eigenvalue weighted by Crippen LogP contribution is -2.25. The summed E-state index contributed by atoms with van der Waals surface area (Å²) in [6, 6.07) is 4.26. The number of carbonyl (C=O) groups is 1. The fraction of sp³-hybridized carbons (Fsp3) is 0.250. The zero-order valence-corrected chi connectivity index (χ0v) is 12.5. The van der Waals surface area contributed by atoms with Crippen molar-refractivity contribution in [3.8, 4) is 0 Å². The molecule has 1 heterocycles. The number of halogens is 3. The number of nitrogens with zero attached hydrogens (tertiary/aromatic N) is 2. The molecule has 0 saturated heterocycles. The Morgan fingerprint density at radius 3 is 2.52 bits per heavy atom. The molecule has 0 unspecified atom stereocenters. The summed E-state index contributed by atoms with van der Waals surface area (Å²) in [5.41, 5.74) is -1.59. The molecule has 2 aromatic rings. The number of rotatable bonds is 4. The third kappa shape index (κ3) is 4.06. The maximum atomic E-state index is 12.8. The van der Waals surface area contributed by atoms with Crippen molar-refractivity contribution in [3.63, 3.8) is 0 Å². The van der Waals surface area contributed by atoms with Gasteiger partial charge < -0.3 is 5.32 Å². The van der Waals surface area contributed by atoms with Crippen LogP contribution in [-0.4, -0.2) is 35.3 Å². The number of aromatic nitrogens is 3. The quantitative estimate of drug-likeness (QED) is 0.872. The standard InChI is InChI=1S/C12H11F3N4O3S/c1-7-16-11(19-18-7)23(21,22)6-10(20)17-9-5-3-2-4-8(9)12(13,14)15/h2-5H,6H2,1H3,(H,17,20)(H,16,18,19). The molecule has 124 valence electrons. The predicted molar refractivity (Wildman–Crippen MR) is 73.2 cm³/mol. The number of carbonyl (C=O) groups excluding carboxylic acids is 1. The molecule has 1 amide bonds. The lowest BCUT2D eigenvalue weighted by atomic mass is 10.1. The Morgan fingerprint density at radius 1 is 1.30 bits per heavy atom. The molecule has 11 heteroatoms. The van der Waals surface area contributed by atoms with Gasteiger partial charge in [0, 0.05) is 0 Å². The molecular formula is C12H11F3N4O3S. The number of amides is 1. The third-order valence-corrected chi connectivity index (χ3v) is 4.06. The van der Waals surface area contributed by atoms with E-state index >= 15 is 0 Å². The molecule has 0 radical (unpaired) electrons. The van der Waals surface area contributed by atoms with Crippen LogP contribution in [-0.2, 0) is 20.8 Å². The van der Waals surface area contributed by atoms with Gasteiger partial charge in [0.15, 0.2) is 0 Å². The normalized spacial score (nSPS) is 12.2. The van der Waals surface area contributed by atoms with Crippen LogP contribution in [0, 0.1) is 6.92 Å². The Bertz CT molecular complexity index is 830. The number of para-hydroxylation sites is 1. The van der Waals surface area contributed by atoms with Crippen molar-refractivity contribution >= 4 is 21.4 Å². The van der Waals surface area contributed by atoms with E-state index in [0.29, 0.717) is 0 Å². The van der Waals surface area contributed by atoms with E-state index < -0.39 is 44.1 Å². The van der Waals surface area contributed by atoms with Gasteiger partial charge in [-0.1, -0.05) is 12.1 Å². The lowest BCUT2D eigenvalue weighted by Gasteiger charge is -2.13. The molecule has 7 nitrogen and oxygen atoms in total. The summed E-state index contributed by atoms with van der Waals surface area (Å²) in [7, 11) is -4.15. The smallest absolute Gasteiger partial charge is 0.325 e. The Labute approximate surface area is 128 Å². The molecule has 0 atom stereocenters. The van der Waals surface area contributed by atoms with Crippen molar-refractivity contribution in [3.05, 3.63) is 35.7 Å². The van der Waals surface area contributed by atoms with Gasteiger partial charge >= 0.3 is 6.18 Å². The summed E-state index contributed by atoms with van der Waals surface area (Å²) < 4.78 is 62.2. The van der Waals surface area contributed by atoms with E-state index in [4.69, 9.17) is 0 Å². The largest absolute Gasteiger partial charge is 0.418 e. The van der Waals surface area contributed by atoms with Crippen LogP contribution in [0.1, 0.15) is 11.4 Å². The minimum absolute atomic E-state index is 0.228. The predicted octanol–water partition coefficient (Wildman–Crippen LogP) is 1.54. The summed E-state index contributed by atoms with van der Waals surface area (Å²) in [6.07, 6.45) is -4.68. The number of H-pyrrole nitrogens is 1. The molecule has 2 rings (SSSR count). The first-order valence-corrected chi connectivity index (χ1v) is 7.82. The SMILES string of the molecule is Cc1nc(S(=O)(=O)CC(=O)Nc2ccccc2C(F)(F)F)n[nH]1. The van der Waals surface area contributed by atoms with Crippen LogP contribution in [0.3, 0.4) is 0 Å². The summed E-state index contributed by atoms with van der Waals surface area (Å²) in [5, 5.41) is 7.08. The van der Waals surface area contributed by atoms with Gasteiger partial charge in [-0.05, 0) is 19.1 Å². The van der Waals surface area contributed by atoms with E-state index in [1.807, 2.05) is 5.32 Å². The Morgan fingerprint density at radius 2 is 1.96 bits per heavy atom. The molecule has 0 saturated carbocycles. The number of hydrogen-bond acceptors (Lipinski definition) is 5. The Hall–Kier alpha value is -2.43. The Kier molecular flexibility index (Phi) is 4.41. The first kappa shape index (κ1) is 16.9. The van der Waals surface area contributed by atoms with Crippen LogP contribution >= 0.6 is 0 Å². The van der Waals surface area contributed by atoms with Gasteiger partial charge in [-0.2, -0.15) is 13.2 Å². The van der Waals surface area contributed by atoms with E-state index in [9.17, 15) is 26.4 Å². The van der Waals surface area contributed by atoms with Crippen molar-refractivity contribution in [2.45, 2.75) is 18.3 Å². The average Bonchev–Trinajstić information content (AvgIpc) is 2.85. The second-order valence-corrected chi connectivity index (χ2v) is 6.44. The van der Waals surface area contributed by atoms with Crippen LogP contribution in [0.2, 0.25) is 0 Å². The van der Waals surface area contributed by atoms with Crippen LogP contribution in [0.5, 0.6) is 0 Å². The number of benzene rings is 1. The topological polar surface area (TPSA) is 105 Å². The van der Waals surface area contributed by atoms with E-state index in [2.05, 4.69) is 15.2 Å². The minimum atomic E-state index is -4.68. The number of sulfone groups is 1. The fourth-order valence-corrected chi connectivity index (χ4v) is 2.73. The third-order valence-electron chi connectivity index (χ3n) is 2.68. The first-order valence-electron chi connectivity index (χ1n) is 6.17. The summed E-state index contributed by atoms with van der Waals surface area (Å²) in [4.78, 5) is 15.3. The zero-order valence-electron chi connectivity index (χ0n) is 11.7. The second kappa shape index (κ2) is 5.99. The van der Waals surface area contributed by atoms with Crippen LogP contribution in [0.25, 0.3) is 0 Å². The van der Waals surface area contributed by atoms with Crippen molar-refractivity contribution in [1.82, 2.24) is 15.2 Å². The van der Waals surface area contributed by atoms with Gasteiger partial charge in [-0.3, -0.25) is 9.89 Å². The fourth-order valence-electron chi connectivity index (χ4n) is 1.72. The van der Waals surface area contributed by atoms with Crippen molar-refractivity contribution < 1.29 is 26.4 Å². The zero-order chi connectivity index (χ0) is 17.3. The highest BCUT2D eigenvalue weighted by atomic mass is 32.2. The van der Waals surface area contributed by atoms with Gasteiger partial charge in [0.1, 0.15) is 11.6 Å². The first-order chi connectivity index (χ1) is 10.6. The monoisotopic (exact) mass is 348 g/mol. The molecule has 1 aromatic heterocycles. The molecule has 2 N–H and O–H groups in total. The average molecular weight is 348 g/mol. The highest BCUT2D eigenvalue weighted by Gasteiger charge is 2.34. The van der Waals surface area contributed by atoms with E-state index in [0.717, 1.165) is 18.2 Å². The molecule has 23 heavy (non-hydrogen) atoms. The molecule has 0 spiro atoms.